The minimum absolute atomic E-state index is 0.0811. The molecule has 5 atom stereocenters. The number of nitrogens with one attached hydrogen (secondary N) is 3. The molecule has 5 fully saturated rings. The average molecular weight is 617 g/mol. The first kappa shape index (κ1) is 30.9. The number of carbonyl (C=O) groups is 5. The first-order valence-corrected chi connectivity index (χ1v) is 15.8. The van der Waals surface area contributed by atoms with Crippen molar-refractivity contribution in [2.24, 2.45) is 29.1 Å². The van der Waals surface area contributed by atoms with Crippen LogP contribution in [0.15, 0.2) is 24.3 Å². The maximum Gasteiger partial charge on any atom is 0.288 e. The van der Waals surface area contributed by atoms with Crippen molar-refractivity contribution in [3.05, 3.63) is 34.9 Å². The van der Waals surface area contributed by atoms with E-state index in [1.165, 1.54) is 0 Å². The summed E-state index contributed by atoms with van der Waals surface area (Å²) in [6.07, 6.45) is 4.98. The minimum atomic E-state index is -1.23. The van der Waals surface area contributed by atoms with Crippen molar-refractivity contribution in [3.63, 3.8) is 0 Å². The van der Waals surface area contributed by atoms with Crippen LogP contribution in [0.5, 0.6) is 0 Å². The highest BCUT2D eigenvalue weighted by Crippen LogP contribution is 2.63. The number of likely N-dealkylation sites (tertiary alicyclic amines) is 1. The third kappa shape index (κ3) is 6.07. The van der Waals surface area contributed by atoms with Gasteiger partial charge in [-0.05, 0) is 73.5 Å². The molecule has 228 valence electrons. The van der Waals surface area contributed by atoms with E-state index in [1.54, 1.807) is 6.92 Å². The second-order valence-electron chi connectivity index (χ2n) is 13.3. The Morgan fingerprint density at radius 3 is 2.38 bits per heavy atom. The number of hydrogen-bond acceptors (Lipinski definition) is 6. The van der Waals surface area contributed by atoms with Crippen LogP contribution in [0.1, 0.15) is 64.9 Å². The number of rotatable bonds is 10. The molecule has 3 N–H and O–H groups in total. The first-order chi connectivity index (χ1) is 19.8. The normalized spacial score (nSPS) is 28.2. The Kier molecular flexibility index (Phi) is 8.44. The molecule has 42 heavy (non-hydrogen) atoms. The molecule has 6 rings (SSSR count). The van der Waals surface area contributed by atoms with Crippen LogP contribution in [0.2, 0.25) is 5.02 Å². The summed E-state index contributed by atoms with van der Waals surface area (Å²) in [5.41, 5.74) is 1.31. The lowest BCUT2D eigenvalue weighted by Crippen LogP contribution is -2.52. The van der Waals surface area contributed by atoms with Crippen LogP contribution in [-0.2, 0) is 29.4 Å². The van der Waals surface area contributed by atoms with E-state index in [9.17, 15) is 24.0 Å². The van der Waals surface area contributed by atoms with Crippen molar-refractivity contribution in [1.29, 1.82) is 0 Å². The SMILES string of the molecule is CC(C(=O)C(=O)NC1CC1)[C@@](S)(C[C@@H]1CCNC1=O)NC=O.CC1(C)[C@@H]2CN(C(=O)C3(c4cccc(Cl)c4)CC3)C[C@@H]21. The highest BCUT2D eigenvalue weighted by molar-refractivity contribution is 7.81. The Labute approximate surface area is 257 Å². The molecule has 1 aromatic rings. The molecular formula is C31H41ClN4O5S. The number of benzene rings is 1. The van der Waals surface area contributed by atoms with Gasteiger partial charge in [0.15, 0.2) is 0 Å². The van der Waals surface area contributed by atoms with Crippen LogP contribution < -0.4 is 16.0 Å². The maximum atomic E-state index is 12.9. The lowest BCUT2D eigenvalue weighted by atomic mass is 9.87. The molecule has 3 saturated carbocycles. The van der Waals surface area contributed by atoms with Gasteiger partial charge in [0.1, 0.15) is 0 Å². The Balaban J connectivity index is 0.000000168. The molecular weight excluding hydrogens is 576 g/mol. The Bertz CT molecular complexity index is 1270. The fourth-order valence-electron chi connectivity index (χ4n) is 6.71. The number of piperidine rings is 1. The van der Waals surface area contributed by atoms with Gasteiger partial charge in [-0.15, -0.1) is 0 Å². The van der Waals surface area contributed by atoms with Gasteiger partial charge in [-0.25, -0.2) is 0 Å². The zero-order chi connectivity index (χ0) is 30.4. The van der Waals surface area contributed by atoms with Gasteiger partial charge in [-0.3, -0.25) is 24.0 Å². The van der Waals surface area contributed by atoms with Gasteiger partial charge in [0.25, 0.3) is 5.91 Å². The van der Waals surface area contributed by atoms with E-state index in [0.29, 0.717) is 30.7 Å². The Morgan fingerprint density at radius 2 is 1.86 bits per heavy atom. The number of amides is 4. The molecule has 2 heterocycles. The van der Waals surface area contributed by atoms with Crippen molar-refractivity contribution in [2.45, 2.75) is 75.6 Å². The lowest BCUT2D eigenvalue weighted by Gasteiger charge is -2.34. The molecule has 2 aliphatic heterocycles. The highest BCUT2D eigenvalue weighted by atomic mass is 35.5. The first-order valence-electron chi connectivity index (χ1n) is 14.9. The number of Topliss-reactive ketones (excluding diaryl/α,β-unsaturated/α-hetero) is 1. The maximum absolute atomic E-state index is 12.9. The quantitative estimate of drug-likeness (QED) is 0.139. The van der Waals surface area contributed by atoms with Gasteiger partial charge in [0.2, 0.25) is 24.0 Å². The number of carbonyl (C=O) groups excluding carboxylic acids is 5. The van der Waals surface area contributed by atoms with Crippen molar-refractivity contribution in [1.82, 2.24) is 20.9 Å². The second-order valence-corrected chi connectivity index (χ2v) is 14.6. The number of halogens is 1. The monoisotopic (exact) mass is 616 g/mol. The van der Waals surface area contributed by atoms with Gasteiger partial charge in [0.05, 0.1) is 16.2 Å². The zero-order valence-electron chi connectivity index (χ0n) is 24.5. The topological polar surface area (TPSA) is 125 Å². The lowest BCUT2D eigenvalue weighted by molar-refractivity contribution is -0.141. The standard InChI is InChI=1S/C17H20ClNO.C14H21N3O4S/c1-16(2)13-9-19(10-14(13)16)15(20)17(6-7-17)11-4-3-5-12(18)8-11;1-8(11(19)13(21)17-10-2-3-10)14(22,16-7-18)6-9-4-5-15-12(9)20/h3-5,8,13-14H,6-7,9-10H2,1-2H3;7-10,22H,2-6H2,1H3,(H,15,20)(H,16,18)(H,17,21)/t13-,14+;8?,9-,14-/m.0/s1. The van der Waals surface area contributed by atoms with Gasteiger partial charge in [-0.2, -0.15) is 12.6 Å². The van der Waals surface area contributed by atoms with E-state index in [0.717, 1.165) is 61.2 Å². The number of hydrogen-bond donors (Lipinski definition) is 4. The van der Waals surface area contributed by atoms with E-state index in [4.69, 9.17) is 11.6 Å². The number of thiol groups is 1. The third-order valence-electron chi connectivity index (χ3n) is 10.2. The van der Waals surface area contributed by atoms with Gasteiger partial charge in [-0.1, -0.05) is 44.5 Å². The van der Waals surface area contributed by atoms with Gasteiger partial charge >= 0.3 is 0 Å². The highest BCUT2D eigenvalue weighted by Gasteiger charge is 2.65. The van der Waals surface area contributed by atoms with E-state index < -0.39 is 22.5 Å². The summed E-state index contributed by atoms with van der Waals surface area (Å²) < 4.78 is 0. The molecule has 1 aromatic carbocycles. The van der Waals surface area contributed by atoms with E-state index in [2.05, 4.69) is 53.4 Å². The van der Waals surface area contributed by atoms with E-state index in [-0.39, 0.29) is 29.7 Å². The van der Waals surface area contributed by atoms with Gasteiger partial charge < -0.3 is 20.9 Å². The van der Waals surface area contributed by atoms with Crippen LogP contribution in [0.25, 0.3) is 0 Å². The summed E-state index contributed by atoms with van der Waals surface area (Å²) in [5.74, 6) is -0.786. The van der Waals surface area contributed by atoms with Crippen LogP contribution in [0, 0.1) is 29.1 Å². The van der Waals surface area contributed by atoms with Crippen molar-refractivity contribution in [2.75, 3.05) is 19.6 Å². The fraction of sp³-hybridized carbons (Fsp3) is 0.645. The van der Waals surface area contributed by atoms with Crippen LogP contribution in [0.3, 0.4) is 0 Å². The predicted molar refractivity (Wildman–Crippen MR) is 162 cm³/mol. The molecule has 0 spiro atoms. The van der Waals surface area contributed by atoms with Crippen molar-refractivity contribution >= 4 is 54.1 Å². The van der Waals surface area contributed by atoms with E-state index in [1.807, 2.05) is 18.2 Å². The molecule has 5 aliphatic rings. The molecule has 2 saturated heterocycles. The number of ketones is 1. The molecule has 0 aromatic heterocycles. The molecule has 4 amide bonds. The average Bonchev–Trinajstić information content (AvgIpc) is 3.90. The molecule has 0 radical (unpaired) electrons. The molecule has 0 bridgehead atoms. The second kappa shape index (κ2) is 11.5. The molecule has 11 heteroatoms. The molecule has 1 unspecified atom stereocenters. The van der Waals surface area contributed by atoms with Crippen molar-refractivity contribution < 1.29 is 24.0 Å². The Morgan fingerprint density at radius 1 is 1.19 bits per heavy atom. The summed E-state index contributed by atoms with van der Waals surface area (Å²) >= 11 is 10.5. The van der Waals surface area contributed by atoms with E-state index >= 15 is 0 Å². The van der Waals surface area contributed by atoms with Gasteiger partial charge in [0, 0.05) is 36.6 Å². The van der Waals surface area contributed by atoms with Crippen LogP contribution >= 0.6 is 24.2 Å². The molecule has 3 aliphatic carbocycles. The largest absolute Gasteiger partial charge is 0.356 e. The predicted octanol–water partition coefficient (Wildman–Crippen LogP) is 2.85. The van der Waals surface area contributed by atoms with Crippen molar-refractivity contribution in [3.8, 4) is 0 Å². The Hall–Kier alpha value is -2.59. The summed E-state index contributed by atoms with van der Waals surface area (Å²) in [5, 5.41) is 8.58. The summed E-state index contributed by atoms with van der Waals surface area (Å²) in [7, 11) is 0. The number of fused-ring (bicyclic) bond motifs is 1. The van der Waals surface area contributed by atoms with Crippen LogP contribution in [0.4, 0.5) is 0 Å². The van der Waals surface area contributed by atoms with Crippen LogP contribution in [-0.4, -0.2) is 65.4 Å². The fourth-order valence-corrected chi connectivity index (χ4v) is 7.29. The number of nitrogens with zero attached hydrogens (tertiary/aromatic N) is 1. The summed E-state index contributed by atoms with van der Waals surface area (Å²) in [6, 6.07) is 7.93. The minimum Gasteiger partial charge on any atom is -0.356 e. The zero-order valence-corrected chi connectivity index (χ0v) is 26.1. The summed E-state index contributed by atoms with van der Waals surface area (Å²) in [6.45, 7) is 8.68. The third-order valence-corrected chi connectivity index (χ3v) is 11.2. The molecule has 9 nitrogen and oxygen atoms in total. The smallest absolute Gasteiger partial charge is 0.288 e. The summed E-state index contributed by atoms with van der Waals surface area (Å²) in [4.78, 5) is 60.5.